The van der Waals surface area contributed by atoms with Crippen molar-refractivity contribution >= 4 is 69.6 Å². The summed E-state index contributed by atoms with van der Waals surface area (Å²) in [6.45, 7) is 1.63. The van der Waals surface area contributed by atoms with E-state index in [0.717, 1.165) is 19.2 Å². The maximum Gasteiger partial charge on any atom is 0.418 e. The molecule has 1 saturated heterocycles. The van der Waals surface area contributed by atoms with Crippen molar-refractivity contribution < 1.29 is 38.6 Å². The molecule has 0 radical (unpaired) electrons. The lowest BCUT2D eigenvalue weighted by Gasteiger charge is -2.26. The highest BCUT2D eigenvalue weighted by molar-refractivity contribution is 6.38. The van der Waals surface area contributed by atoms with Gasteiger partial charge in [-0.3, -0.25) is 23.7 Å². The van der Waals surface area contributed by atoms with Crippen molar-refractivity contribution in [2.24, 2.45) is 0 Å². The van der Waals surface area contributed by atoms with E-state index in [1.165, 1.54) is 32.0 Å². The summed E-state index contributed by atoms with van der Waals surface area (Å²) in [6.07, 6.45) is -1.24. The maximum absolute atomic E-state index is 13.9. The number of amides is 3. The molecule has 2 aromatic carbocycles. The van der Waals surface area contributed by atoms with Crippen LogP contribution in [-0.2, 0) is 30.4 Å². The van der Waals surface area contributed by atoms with Crippen LogP contribution in [0.15, 0.2) is 41.2 Å². The Morgan fingerprint density at radius 1 is 1.12 bits per heavy atom. The van der Waals surface area contributed by atoms with E-state index in [1.807, 2.05) is 0 Å². The Labute approximate surface area is 235 Å². The molecule has 1 aliphatic heterocycles. The largest absolute Gasteiger partial charge is 0.480 e. The smallest absolute Gasteiger partial charge is 0.418 e. The second kappa shape index (κ2) is 10.6. The van der Waals surface area contributed by atoms with Crippen molar-refractivity contribution in [3.8, 4) is 0 Å². The predicted octanol–water partition coefficient (Wildman–Crippen LogP) is 3.01. The Morgan fingerprint density at radius 3 is 2.40 bits per heavy atom. The zero-order valence-corrected chi connectivity index (χ0v) is 22.6. The molecule has 1 atom stereocenters. The molecule has 1 fully saturated rings. The zero-order valence-electron chi connectivity index (χ0n) is 21.1. The lowest BCUT2D eigenvalue weighted by atomic mass is 10.1. The van der Waals surface area contributed by atoms with Gasteiger partial charge in [0.2, 0.25) is 0 Å². The van der Waals surface area contributed by atoms with Crippen molar-refractivity contribution in [1.29, 1.82) is 0 Å². The van der Waals surface area contributed by atoms with Crippen LogP contribution in [0.3, 0.4) is 0 Å². The van der Waals surface area contributed by atoms with Gasteiger partial charge in [0.15, 0.2) is 11.6 Å². The molecule has 3 aromatic rings. The number of aromatic nitrogens is 2. The molecular weight excluding hydrogens is 571 g/mol. The van der Waals surface area contributed by atoms with Gasteiger partial charge in [-0.15, -0.1) is 0 Å². The molecule has 2 N–H and O–H groups in total. The van der Waals surface area contributed by atoms with E-state index >= 15 is 0 Å². The highest BCUT2D eigenvalue weighted by Gasteiger charge is 2.53. The molecule has 13 nitrogen and oxygen atoms in total. The molecule has 3 amide bonds. The third-order valence-corrected chi connectivity index (χ3v) is 6.55. The average Bonchev–Trinajstić information content (AvgIpc) is 3.08. The first kappa shape index (κ1) is 28.5. The predicted molar refractivity (Wildman–Crippen MR) is 140 cm³/mol. The molecule has 0 aliphatic carbocycles. The highest BCUT2D eigenvalue weighted by Crippen LogP contribution is 2.35. The van der Waals surface area contributed by atoms with Gasteiger partial charge in [-0.2, -0.15) is 0 Å². The lowest BCUT2D eigenvalue weighted by molar-refractivity contribution is -0.139. The summed E-state index contributed by atoms with van der Waals surface area (Å²) in [4.78, 5) is 82.0. The third kappa shape index (κ3) is 5.08. The Bertz CT molecular complexity index is 1670. The number of ether oxygens (including phenoxy) is 2. The standard InChI is InChI=1S/C25H20Cl2N4O9/c1-25(2)23(37)31(24(38)40-25)18(20(34)29-16-8-12(22(36)39-3)13(26)9-14(16)27)19-28-15-7-5-4-6-11(15)21(35)30(19)10-17(32)33/h4-9,18H,10H2,1-3H3,(H,29,34)(H,32,33). The second-order valence-corrected chi connectivity index (χ2v) is 9.84. The molecule has 1 aliphatic rings. The Morgan fingerprint density at radius 2 is 1.80 bits per heavy atom. The number of esters is 1. The number of hydrogen-bond donors (Lipinski definition) is 2. The van der Waals surface area contributed by atoms with Gasteiger partial charge in [0.1, 0.15) is 12.4 Å². The summed E-state index contributed by atoms with van der Waals surface area (Å²) in [7, 11) is 1.11. The van der Waals surface area contributed by atoms with Gasteiger partial charge >= 0.3 is 18.0 Å². The van der Waals surface area contributed by atoms with Crippen LogP contribution in [0.25, 0.3) is 10.9 Å². The molecule has 1 unspecified atom stereocenters. The first-order valence-corrected chi connectivity index (χ1v) is 12.2. The van der Waals surface area contributed by atoms with Crippen molar-refractivity contribution in [1.82, 2.24) is 14.5 Å². The number of imide groups is 1. The van der Waals surface area contributed by atoms with Crippen molar-refractivity contribution in [3.63, 3.8) is 0 Å². The number of nitrogens with one attached hydrogen (secondary N) is 1. The number of carbonyl (C=O) groups is 5. The van der Waals surface area contributed by atoms with Crippen LogP contribution in [0.4, 0.5) is 10.5 Å². The Kier molecular flexibility index (Phi) is 7.55. The van der Waals surface area contributed by atoms with Gasteiger partial charge in [0, 0.05) is 0 Å². The van der Waals surface area contributed by atoms with E-state index in [9.17, 15) is 33.9 Å². The van der Waals surface area contributed by atoms with E-state index < -0.39 is 59.4 Å². The first-order valence-electron chi connectivity index (χ1n) is 11.4. The van der Waals surface area contributed by atoms with Crippen LogP contribution >= 0.6 is 23.2 Å². The van der Waals surface area contributed by atoms with E-state index in [2.05, 4.69) is 15.0 Å². The minimum absolute atomic E-state index is 0.0331. The van der Waals surface area contributed by atoms with Crippen LogP contribution in [0.5, 0.6) is 0 Å². The highest BCUT2D eigenvalue weighted by atomic mass is 35.5. The Hall–Kier alpha value is -4.49. The van der Waals surface area contributed by atoms with Gasteiger partial charge in [-0.25, -0.2) is 19.5 Å². The number of aliphatic carboxylic acids is 1. The summed E-state index contributed by atoms with van der Waals surface area (Å²) in [6, 6.07) is 6.19. The molecule has 0 spiro atoms. The number of benzene rings is 2. The number of nitrogens with zero attached hydrogens (tertiary/aromatic N) is 3. The first-order chi connectivity index (χ1) is 18.8. The molecule has 40 heavy (non-hydrogen) atoms. The monoisotopic (exact) mass is 590 g/mol. The topological polar surface area (TPSA) is 174 Å². The van der Waals surface area contributed by atoms with Crippen LogP contribution in [-0.4, -0.2) is 62.1 Å². The number of carboxylic acids is 1. The fraction of sp³-hybridized carbons (Fsp3) is 0.240. The molecule has 4 rings (SSSR count). The quantitative estimate of drug-likeness (QED) is 0.389. The fourth-order valence-corrected chi connectivity index (χ4v) is 4.56. The molecule has 0 saturated carbocycles. The van der Waals surface area contributed by atoms with Crippen molar-refractivity contribution in [2.45, 2.75) is 32.0 Å². The molecular formula is C25H20Cl2N4O9. The molecule has 15 heteroatoms. The average molecular weight is 591 g/mol. The number of rotatable bonds is 7. The molecule has 0 bridgehead atoms. The summed E-state index contributed by atoms with van der Waals surface area (Å²) in [5.74, 6) is -4.94. The SMILES string of the molecule is COC(=O)c1cc(NC(=O)C(c2nc3ccccc3c(=O)n2CC(=O)O)N2C(=O)OC(C)(C)C2=O)c(Cl)cc1Cl. The Balaban J connectivity index is 1.95. The number of methoxy groups -OCH3 is 1. The van der Waals surface area contributed by atoms with Crippen LogP contribution < -0.4 is 10.9 Å². The summed E-state index contributed by atoms with van der Waals surface area (Å²) in [5, 5.41) is 11.8. The second-order valence-electron chi connectivity index (χ2n) is 9.02. The van der Waals surface area contributed by atoms with Crippen LogP contribution in [0.2, 0.25) is 10.0 Å². The van der Waals surface area contributed by atoms with E-state index in [0.29, 0.717) is 9.47 Å². The number of cyclic esters (lactones) is 1. The minimum atomic E-state index is -2.01. The fourth-order valence-electron chi connectivity index (χ4n) is 4.05. The number of fused-ring (bicyclic) bond motifs is 1. The summed E-state index contributed by atoms with van der Waals surface area (Å²) < 4.78 is 10.5. The van der Waals surface area contributed by atoms with Gasteiger partial charge in [0.05, 0.1) is 39.3 Å². The van der Waals surface area contributed by atoms with Crippen molar-refractivity contribution in [2.75, 3.05) is 12.4 Å². The number of carbonyl (C=O) groups excluding carboxylic acids is 4. The third-order valence-electron chi connectivity index (χ3n) is 5.93. The number of para-hydroxylation sites is 1. The van der Waals surface area contributed by atoms with Crippen LogP contribution in [0, 0.1) is 0 Å². The molecule has 208 valence electrons. The van der Waals surface area contributed by atoms with E-state index in [4.69, 9.17) is 27.9 Å². The minimum Gasteiger partial charge on any atom is -0.480 e. The lowest BCUT2D eigenvalue weighted by Crippen LogP contribution is -2.46. The van der Waals surface area contributed by atoms with Gasteiger partial charge in [-0.1, -0.05) is 35.3 Å². The normalized spacial score (nSPS) is 15.1. The summed E-state index contributed by atoms with van der Waals surface area (Å²) in [5.41, 5.74) is -2.80. The van der Waals surface area contributed by atoms with E-state index in [-0.39, 0.29) is 32.2 Å². The number of carboxylic acid groups (broad SMARTS) is 1. The summed E-state index contributed by atoms with van der Waals surface area (Å²) >= 11 is 12.3. The number of hydrogen-bond acceptors (Lipinski definition) is 9. The zero-order chi connectivity index (χ0) is 29.5. The van der Waals surface area contributed by atoms with E-state index in [1.54, 1.807) is 6.07 Å². The maximum atomic E-state index is 13.9. The molecule has 1 aromatic heterocycles. The van der Waals surface area contributed by atoms with Gasteiger partial charge < -0.3 is 19.9 Å². The van der Waals surface area contributed by atoms with Gasteiger partial charge in [0.25, 0.3) is 17.4 Å². The van der Waals surface area contributed by atoms with Gasteiger partial charge in [-0.05, 0) is 38.1 Å². The number of anilines is 1. The van der Waals surface area contributed by atoms with Crippen LogP contribution in [0.1, 0.15) is 36.1 Å². The van der Waals surface area contributed by atoms with Crippen molar-refractivity contribution in [3.05, 3.63) is 68.2 Å². The number of halogens is 2. The molecule has 2 heterocycles.